The number of nitrogens with one attached hydrogen (secondary N) is 1. The number of nitrogens with zero attached hydrogens (tertiary/aromatic N) is 2. The van der Waals surface area contributed by atoms with Gasteiger partial charge in [-0.1, -0.05) is 48.0 Å². The van der Waals surface area contributed by atoms with Crippen LogP contribution in [0.15, 0.2) is 102 Å². The van der Waals surface area contributed by atoms with Crippen LogP contribution in [0, 0.1) is 6.92 Å². The molecule has 6 nitrogen and oxygen atoms in total. The predicted octanol–water partition coefficient (Wildman–Crippen LogP) is 5.47. The van der Waals surface area contributed by atoms with Crippen LogP contribution in [0.25, 0.3) is 0 Å². The van der Waals surface area contributed by atoms with E-state index in [1.54, 1.807) is 60.9 Å². The number of pyridine rings is 1. The number of carbonyl (C=O) groups is 1. The van der Waals surface area contributed by atoms with Crippen molar-refractivity contribution in [2.75, 3.05) is 16.2 Å². The SMILES string of the molecule is Cc1ccc(N(CC(=O)Nc2ccc(Cc3ccncc3)cc2)S(=O)(=O)c2ccccc2)cc1Cl. The van der Waals surface area contributed by atoms with Gasteiger partial charge in [-0.05, 0) is 78.6 Å². The van der Waals surface area contributed by atoms with Gasteiger partial charge < -0.3 is 5.32 Å². The van der Waals surface area contributed by atoms with E-state index in [1.807, 2.05) is 31.2 Å². The Morgan fingerprint density at radius 1 is 0.914 bits per heavy atom. The van der Waals surface area contributed by atoms with Crippen LogP contribution in [0.5, 0.6) is 0 Å². The average molecular weight is 506 g/mol. The first-order chi connectivity index (χ1) is 16.8. The van der Waals surface area contributed by atoms with E-state index in [9.17, 15) is 13.2 Å². The van der Waals surface area contributed by atoms with Gasteiger partial charge in [0.1, 0.15) is 6.54 Å². The molecule has 0 bridgehead atoms. The third kappa shape index (κ3) is 6.07. The maximum atomic E-state index is 13.4. The molecule has 0 unspecified atom stereocenters. The molecule has 0 aliphatic rings. The highest BCUT2D eigenvalue weighted by molar-refractivity contribution is 7.92. The lowest BCUT2D eigenvalue weighted by atomic mass is 10.1. The molecule has 0 saturated heterocycles. The number of sulfonamides is 1. The first-order valence-electron chi connectivity index (χ1n) is 10.9. The van der Waals surface area contributed by atoms with Crippen LogP contribution in [0.3, 0.4) is 0 Å². The normalized spacial score (nSPS) is 11.1. The summed E-state index contributed by atoms with van der Waals surface area (Å²) in [6.45, 7) is 1.42. The Kier molecular flexibility index (Phi) is 7.48. The molecule has 8 heteroatoms. The summed E-state index contributed by atoms with van der Waals surface area (Å²) in [5.74, 6) is -0.469. The minimum Gasteiger partial charge on any atom is -0.325 e. The maximum Gasteiger partial charge on any atom is 0.264 e. The molecule has 0 atom stereocenters. The van der Waals surface area contributed by atoms with Crippen molar-refractivity contribution in [1.82, 2.24) is 4.98 Å². The van der Waals surface area contributed by atoms with Gasteiger partial charge in [0.15, 0.2) is 0 Å². The molecule has 3 aromatic carbocycles. The second kappa shape index (κ2) is 10.7. The molecule has 178 valence electrons. The Hall–Kier alpha value is -3.68. The Bertz CT molecular complexity index is 1410. The topological polar surface area (TPSA) is 79.4 Å². The molecule has 0 aliphatic carbocycles. The molecule has 0 fully saturated rings. The number of halogens is 1. The largest absolute Gasteiger partial charge is 0.325 e. The fourth-order valence-electron chi connectivity index (χ4n) is 3.54. The Balaban J connectivity index is 1.54. The Morgan fingerprint density at radius 3 is 2.23 bits per heavy atom. The fourth-order valence-corrected chi connectivity index (χ4v) is 5.15. The lowest BCUT2D eigenvalue weighted by Crippen LogP contribution is -2.38. The van der Waals surface area contributed by atoms with Gasteiger partial charge in [0.2, 0.25) is 5.91 Å². The molecule has 4 rings (SSSR count). The summed E-state index contributed by atoms with van der Waals surface area (Å²) >= 11 is 6.27. The van der Waals surface area contributed by atoms with Crippen molar-refractivity contribution >= 4 is 38.9 Å². The molecule has 35 heavy (non-hydrogen) atoms. The van der Waals surface area contributed by atoms with Gasteiger partial charge >= 0.3 is 0 Å². The van der Waals surface area contributed by atoms with E-state index in [1.165, 1.54) is 12.1 Å². The number of amides is 1. The van der Waals surface area contributed by atoms with Crippen LogP contribution in [-0.4, -0.2) is 25.9 Å². The van der Waals surface area contributed by atoms with Gasteiger partial charge in [0.05, 0.1) is 10.6 Å². The number of aromatic nitrogens is 1. The predicted molar refractivity (Wildman–Crippen MR) is 139 cm³/mol. The number of carbonyl (C=O) groups excluding carboxylic acids is 1. The summed E-state index contributed by atoms with van der Waals surface area (Å²) in [4.78, 5) is 17.1. The lowest BCUT2D eigenvalue weighted by Gasteiger charge is -2.24. The van der Waals surface area contributed by atoms with Gasteiger partial charge in [-0.2, -0.15) is 0 Å². The van der Waals surface area contributed by atoms with Crippen LogP contribution < -0.4 is 9.62 Å². The summed E-state index contributed by atoms with van der Waals surface area (Å²) in [6, 6.07) is 24.3. The zero-order chi connectivity index (χ0) is 24.8. The second-order valence-electron chi connectivity index (χ2n) is 8.04. The van der Waals surface area contributed by atoms with E-state index < -0.39 is 22.5 Å². The number of hydrogen-bond acceptors (Lipinski definition) is 4. The Morgan fingerprint density at radius 2 is 1.57 bits per heavy atom. The average Bonchev–Trinajstić information content (AvgIpc) is 2.87. The zero-order valence-electron chi connectivity index (χ0n) is 19.1. The minimum atomic E-state index is -4.00. The molecule has 0 aliphatic heterocycles. The van der Waals surface area contributed by atoms with E-state index in [0.717, 1.165) is 27.4 Å². The molecule has 1 heterocycles. The molecule has 1 amide bonds. The van der Waals surface area contributed by atoms with Gasteiger partial charge in [0, 0.05) is 23.1 Å². The number of anilines is 2. The summed E-state index contributed by atoms with van der Waals surface area (Å²) in [5, 5.41) is 3.21. The molecule has 0 spiro atoms. The number of rotatable bonds is 8. The maximum absolute atomic E-state index is 13.4. The van der Waals surface area contributed by atoms with Crippen molar-refractivity contribution in [3.63, 3.8) is 0 Å². The quantitative estimate of drug-likeness (QED) is 0.344. The highest BCUT2D eigenvalue weighted by Gasteiger charge is 2.27. The third-order valence-electron chi connectivity index (χ3n) is 5.46. The molecular formula is C27H24ClN3O3S. The van der Waals surface area contributed by atoms with Gasteiger partial charge in [-0.15, -0.1) is 0 Å². The van der Waals surface area contributed by atoms with Crippen molar-refractivity contribution in [1.29, 1.82) is 0 Å². The Labute approximate surface area is 210 Å². The molecule has 0 radical (unpaired) electrons. The number of aryl methyl sites for hydroxylation is 1. The smallest absolute Gasteiger partial charge is 0.264 e. The molecule has 1 aromatic heterocycles. The van der Waals surface area contributed by atoms with Crippen LogP contribution in [0.1, 0.15) is 16.7 Å². The summed E-state index contributed by atoms with van der Waals surface area (Å²) < 4.78 is 27.9. The summed E-state index contributed by atoms with van der Waals surface area (Å²) in [7, 11) is -4.00. The highest BCUT2D eigenvalue weighted by Crippen LogP contribution is 2.28. The zero-order valence-corrected chi connectivity index (χ0v) is 20.6. The van der Waals surface area contributed by atoms with E-state index in [4.69, 9.17) is 11.6 Å². The van der Waals surface area contributed by atoms with Gasteiger partial charge in [-0.3, -0.25) is 14.1 Å². The monoisotopic (exact) mass is 505 g/mol. The lowest BCUT2D eigenvalue weighted by molar-refractivity contribution is -0.114. The first kappa shape index (κ1) is 24.4. The van der Waals surface area contributed by atoms with E-state index >= 15 is 0 Å². The van der Waals surface area contributed by atoms with Crippen molar-refractivity contribution in [3.05, 3.63) is 119 Å². The van der Waals surface area contributed by atoms with E-state index in [-0.39, 0.29) is 4.90 Å². The number of hydrogen-bond donors (Lipinski definition) is 1. The number of benzene rings is 3. The van der Waals surface area contributed by atoms with Crippen LogP contribution in [-0.2, 0) is 21.2 Å². The highest BCUT2D eigenvalue weighted by atomic mass is 35.5. The molecule has 4 aromatic rings. The van der Waals surface area contributed by atoms with Gasteiger partial charge in [0.25, 0.3) is 10.0 Å². The molecule has 1 N–H and O–H groups in total. The molecular weight excluding hydrogens is 482 g/mol. The van der Waals surface area contributed by atoms with Gasteiger partial charge in [-0.25, -0.2) is 8.42 Å². The second-order valence-corrected chi connectivity index (χ2v) is 10.3. The van der Waals surface area contributed by atoms with E-state index in [0.29, 0.717) is 16.4 Å². The van der Waals surface area contributed by atoms with Crippen molar-refractivity contribution in [3.8, 4) is 0 Å². The fraction of sp³-hybridized carbons (Fsp3) is 0.111. The first-order valence-corrected chi connectivity index (χ1v) is 12.8. The minimum absolute atomic E-state index is 0.0879. The van der Waals surface area contributed by atoms with Crippen molar-refractivity contribution in [2.45, 2.75) is 18.2 Å². The standard InChI is InChI=1S/C27H24ClN3O3S/c1-20-7-12-24(18-26(20)28)31(35(33,34)25-5-3-2-4-6-25)19-27(32)30-23-10-8-21(9-11-23)17-22-13-15-29-16-14-22/h2-16,18H,17,19H2,1H3,(H,30,32). The van der Waals surface area contributed by atoms with Crippen molar-refractivity contribution in [2.24, 2.45) is 0 Å². The third-order valence-corrected chi connectivity index (χ3v) is 7.65. The summed E-state index contributed by atoms with van der Waals surface area (Å²) in [5.41, 5.74) is 3.91. The summed E-state index contributed by atoms with van der Waals surface area (Å²) in [6.07, 6.45) is 4.24. The molecule has 0 saturated carbocycles. The van der Waals surface area contributed by atoms with Crippen LogP contribution in [0.2, 0.25) is 5.02 Å². The van der Waals surface area contributed by atoms with Crippen LogP contribution >= 0.6 is 11.6 Å². The van der Waals surface area contributed by atoms with Crippen LogP contribution in [0.4, 0.5) is 11.4 Å². The van der Waals surface area contributed by atoms with Crippen molar-refractivity contribution < 1.29 is 13.2 Å². The van der Waals surface area contributed by atoms with E-state index in [2.05, 4.69) is 10.3 Å².